The van der Waals surface area contributed by atoms with Crippen molar-refractivity contribution in [2.24, 2.45) is 4.40 Å². The predicted octanol–water partition coefficient (Wildman–Crippen LogP) is 2.83. The van der Waals surface area contributed by atoms with Gasteiger partial charge in [-0.25, -0.2) is 0 Å². The SMILES string of the molecule is Cc1ccc(/C(Cl)=N/S(=O)(=O)C(F)(F)F)cc1. The Morgan fingerprint density at radius 3 is 2.12 bits per heavy atom. The molecule has 0 bridgehead atoms. The van der Waals surface area contributed by atoms with Crippen LogP contribution in [0.4, 0.5) is 13.2 Å². The molecule has 0 aliphatic heterocycles. The van der Waals surface area contributed by atoms with E-state index in [4.69, 9.17) is 11.6 Å². The van der Waals surface area contributed by atoms with E-state index in [0.29, 0.717) is 0 Å². The fourth-order valence-corrected chi connectivity index (χ4v) is 1.72. The molecule has 1 aromatic rings. The molecule has 17 heavy (non-hydrogen) atoms. The van der Waals surface area contributed by atoms with E-state index in [0.717, 1.165) is 5.56 Å². The zero-order valence-corrected chi connectivity index (χ0v) is 10.1. The minimum absolute atomic E-state index is 0.102. The average Bonchev–Trinajstić information content (AvgIpc) is 2.16. The fraction of sp³-hybridized carbons (Fsp3) is 0.222. The molecule has 1 aromatic carbocycles. The summed E-state index contributed by atoms with van der Waals surface area (Å²) in [4.78, 5) is 0. The number of benzene rings is 1. The zero-order valence-electron chi connectivity index (χ0n) is 8.49. The van der Waals surface area contributed by atoms with E-state index in [9.17, 15) is 21.6 Å². The summed E-state index contributed by atoms with van der Waals surface area (Å²) in [6.07, 6.45) is 0. The Balaban J connectivity index is 3.14. The number of hydrogen-bond donors (Lipinski definition) is 0. The van der Waals surface area contributed by atoms with Crippen molar-refractivity contribution in [3.05, 3.63) is 35.4 Å². The van der Waals surface area contributed by atoms with Crippen molar-refractivity contribution < 1.29 is 21.6 Å². The summed E-state index contributed by atoms with van der Waals surface area (Å²) >= 11 is 5.42. The fourth-order valence-electron chi connectivity index (χ4n) is 0.901. The lowest BCUT2D eigenvalue weighted by Crippen LogP contribution is -2.21. The zero-order chi connectivity index (χ0) is 13.3. The smallest absolute Gasteiger partial charge is 0.195 e. The van der Waals surface area contributed by atoms with Crippen LogP contribution in [-0.2, 0) is 10.0 Å². The van der Waals surface area contributed by atoms with Crippen molar-refractivity contribution in [3.8, 4) is 0 Å². The minimum atomic E-state index is -5.60. The number of halogens is 4. The maximum atomic E-state index is 12.0. The molecule has 0 aliphatic rings. The molecule has 0 saturated carbocycles. The lowest BCUT2D eigenvalue weighted by Gasteiger charge is -2.04. The van der Waals surface area contributed by atoms with E-state index in [-0.39, 0.29) is 5.56 Å². The highest BCUT2D eigenvalue weighted by Crippen LogP contribution is 2.25. The summed E-state index contributed by atoms with van der Waals surface area (Å²) in [6, 6.07) is 5.92. The molecule has 0 radical (unpaired) electrons. The Bertz CT molecular complexity index is 534. The van der Waals surface area contributed by atoms with Crippen molar-refractivity contribution in [2.75, 3.05) is 0 Å². The van der Waals surface area contributed by atoms with E-state index in [1.807, 2.05) is 0 Å². The topological polar surface area (TPSA) is 46.5 Å². The van der Waals surface area contributed by atoms with E-state index < -0.39 is 20.7 Å². The normalized spacial score (nSPS) is 13.8. The van der Waals surface area contributed by atoms with Crippen LogP contribution in [0.1, 0.15) is 11.1 Å². The van der Waals surface area contributed by atoms with Gasteiger partial charge < -0.3 is 0 Å². The van der Waals surface area contributed by atoms with Crippen LogP contribution in [0, 0.1) is 6.92 Å². The average molecular weight is 286 g/mol. The van der Waals surface area contributed by atoms with Gasteiger partial charge in [0.05, 0.1) is 0 Å². The monoisotopic (exact) mass is 285 g/mol. The Kier molecular flexibility index (Phi) is 3.83. The van der Waals surface area contributed by atoms with Crippen LogP contribution in [0.25, 0.3) is 0 Å². The van der Waals surface area contributed by atoms with Gasteiger partial charge in [-0.3, -0.25) is 0 Å². The third-order valence-electron chi connectivity index (χ3n) is 1.78. The summed E-state index contributed by atoms with van der Waals surface area (Å²) in [5.74, 6) is 0. The number of rotatable bonds is 2. The first-order chi connectivity index (χ1) is 7.63. The molecule has 3 nitrogen and oxygen atoms in total. The Labute approximate surface area is 101 Å². The van der Waals surface area contributed by atoms with E-state index >= 15 is 0 Å². The summed E-state index contributed by atoms with van der Waals surface area (Å²) in [5, 5.41) is -0.720. The van der Waals surface area contributed by atoms with Gasteiger partial charge in [0.15, 0.2) is 0 Å². The molecule has 0 unspecified atom stereocenters. The van der Waals surface area contributed by atoms with Crippen molar-refractivity contribution in [1.82, 2.24) is 0 Å². The van der Waals surface area contributed by atoms with Crippen molar-refractivity contribution in [2.45, 2.75) is 12.4 Å². The molecule has 94 valence electrons. The van der Waals surface area contributed by atoms with E-state index in [1.165, 1.54) is 12.1 Å². The second-order valence-electron chi connectivity index (χ2n) is 3.17. The molecule has 0 amide bonds. The molecule has 8 heteroatoms. The lowest BCUT2D eigenvalue weighted by molar-refractivity contribution is -0.0435. The third kappa shape index (κ3) is 3.44. The molecule has 0 heterocycles. The molecule has 0 N–H and O–H groups in total. The predicted molar refractivity (Wildman–Crippen MR) is 58.5 cm³/mol. The molecular weight excluding hydrogens is 279 g/mol. The van der Waals surface area contributed by atoms with Crippen LogP contribution in [-0.4, -0.2) is 19.1 Å². The number of sulfonamides is 1. The number of hydrogen-bond acceptors (Lipinski definition) is 2. The van der Waals surface area contributed by atoms with Crippen LogP contribution < -0.4 is 0 Å². The quantitative estimate of drug-likeness (QED) is 0.785. The van der Waals surface area contributed by atoms with Gasteiger partial charge in [-0.05, 0) is 6.92 Å². The third-order valence-corrected chi connectivity index (χ3v) is 3.19. The summed E-state index contributed by atoms with van der Waals surface area (Å²) in [7, 11) is -5.60. The maximum absolute atomic E-state index is 12.0. The van der Waals surface area contributed by atoms with Gasteiger partial charge >= 0.3 is 15.5 Å². The molecule has 0 aromatic heterocycles. The second kappa shape index (κ2) is 4.66. The minimum Gasteiger partial charge on any atom is -0.195 e. The summed E-state index contributed by atoms with van der Waals surface area (Å²) in [6.45, 7) is 1.77. The van der Waals surface area contributed by atoms with Gasteiger partial charge in [0.25, 0.3) is 0 Å². The maximum Gasteiger partial charge on any atom is 0.518 e. The highest BCUT2D eigenvalue weighted by atomic mass is 35.5. The summed E-state index contributed by atoms with van der Waals surface area (Å²) < 4.78 is 60.0. The highest BCUT2D eigenvalue weighted by molar-refractivity contribution is 7.91. The standard InChI is InChI=1S/C9H7ClF3NO2S/c1-6-2-4-7(5-3-6)8(10)14-17(15,16)9(11,12)13/h2-5H,1H3/b14-8-. The van der Waals surface area contributed by atoms with Crippen LogP contribution in [0.5, 0.6) is 0 Å². The number of aryl methyl sites for hydroxylation is 1. The van der Waals surface area contributed by atoms with Gasteiger partial charge in [0, 0.05) is 5.56 Å². The van der Waals surface area contributed by atoms with Gasteiger partial charge in [-0.15, -0.1) is 4.40 Å². The van der Waals surface area contributed by atoms with Gasteiger partial charge in [-0.2, -0.15) is 21.6 Å². The van der Waals surface area contributed by atoms with Crippen LogP contribution in [0.15, 0.2) is 28.7 Å². The molecular formula is C9H7ClF3NO2S. The van der Waals surface area contributed by atoms with Crippen molar-refractivity contribution in [1.29, 1.82) is 0 Å². The first-order valence-corrected chi connectivity index (χ1v) is 6.09. The van der Waals surface area contributed by atoms with Crippen molar-refractivity contribution >= 4 is 26.8 Å². The molecule has 0 fully saturated rings. The molecule has 0 saturated heterocycles. The Morgan fingerprint density at radius 2 is 1.71 bits per heavy atom. The van der Waals surface area contributed by atoms with Gasteiger partial charge in [-0.1, -0.05) is 41.4 Å². The largest absolute Gasteiger partial charge is 0.518 e. The van der Waals surface area contributed by atoms with Crippen LogP contribution >= 0.6 is 11.6 Å². The second-order valence-corrected chi connectivity index (χ2v) is 5.12. The van der Waals surface area contributed by atoms with E-state index in [2.05, 4.69) is 4.40 Å². The number of nitrogens with zero attached hydrogens (tertiary/aromatic N) is 1. The van der Waals surface area contributed by atoms with Crippen LogP contribution in [0.3, 0.4) is 0 Å². The Morgan fingerprint density at radius 1 is 1.24 bits per heavy atom. The highest BCUT2D eigenvalue weighted by Gasteiger charge is 2.46. The number of alkyl halides is 3. The van der Waals surface area contributed by atoms with E-state index in [1.54, 1.807) is 19.1 Å². The molecule has 1 rings (SSSR count). The van der Waals surface area contributed by atoms with Crippen molar-refractivity contribution in [3.63, 3.8) is 0 Å². The molecule has 0 aliphatic carbocycles. The van der Waals surface area contributed by atoms with Crippen LogP contribution in [0.2, 0.25) is 0 Å². The van der Waals surface area contributed by atoms with Gasteiger partial charge in [0.2, 0.25) is 0 Å². The Hall–Kier alpha value is -1.08. The molecule has 0 atom stereocenters. The summed E-state index contributed by atoms with van der Waals surface area (Å²) in [5.41, 5.74) is -4.49. The first-order valence-electron chi connectivity index (χ1n) is 4.27. The van der Waals surface area contributed by atoms with Gasteiger partial charge in [0.1, 0.15) is 5.17 Å². The molecule has 0 spiro atoms. The first kappa shape index (κ1) is 14.0. The lowest BCUT2D eigenvalue weighted by atomic mass is 10.2.